The molecular weight excluding hydrogens is 402 g/mol. The summed E-state index contributed by atoms with van der Waals surface area (Å²) in [6.07, 6.45) is -9.44. The average Bonchev–Trinajstić information content (AvgIpc) is 2.57. The molecule has 0 saturated heterocycles. The first kappa shape index (κ1) is 22.7. The molecule has 4 aliphatic carbocycles. The van der Waals surface area contributed by atoms with Gasteiger partial charge in [-0.05, 0) is 76.0 Å². The van der Waals surface area contributed by atoms with Crippen molar-refractivity contribution in [3.8, 4) is 0 Å². The van der Waals surface area contributed by atoms with Gasteiger partial charge in [0.25, 0.3) is 5.60 Å². The highest BCUT2D eigenvalue weighted by Gasteiger charge is 2.72. The monoisotopic (exact) mass is 430 g/mol. The van der Waals surface area contributed by atoms with Crippen molar-refractivity contribution in [3.63, 3.8) is 0 Å². The summed E-state index contributed by atoms with van der Waals surface area (Å²) >= 11 is 0. The van der Waals surface area contributed by atoms with Crippen LogP contribution in [-0.2, 0) is 9.53 Å². The number of aliphatic hydroxyl groups is 1. The van der Waals surface area contributed by atoms with Gasteiger partial charge in [0.2, 0.25) is 0 Å². The Kier molecular flexibility index (Phi) is 5.29. The standard InChI is InChI=1S/C20H28F6O3/c1-4-16(2,10-18(28,19(21,22)23)20(24,25)26)15(27)29-17(3)13-6-11-5-12(8-13)9-14(17)7-11/h11-14,28H,4-10H2,1-3H3. The number of halogens is 6. The summed E-state index contributed by atoms with van der Waals surface area (Å²) in [6.45, 7) is 4.11. The lowest BCUT2D eigenvalue weighted by molar-refractivity contribution is -0.375. The molecular formula is C20H28F6O3. The lowest BCUT2D eigenvalue weighted by Crippen LogP contribution is -2.61. The quantitative estimate of drug-likeness (QED) is 0.469. The van der Waals surface area contributed by atoms with Crippen LogP contribution in [0.25, 0.3) is 0 Å². The Morgan fingerprint density at radius 1 is 0.966 bits per heavy atom. The Morgan fingerprint density at radius 2 is 1.38 bits per heavy atom. The van der Waals surface area contributed by atoms with Crippen LogP contribution in [0.1, 0.15) is 65.7 Å². The van der Waals surface area contributed by atoms with Crippen molar-refractivity contribution in [2.45, 2.75) is 89.3 Å². The third-order valence-corrected chi connectivity index (χ3v) is 7.93. The molecule has 9 heteroatoms. The van der Waals surface area contributed by atoms with Gasteiger partial charge >= 0.3 is 18.3 Å². The van der Waals surface area contributed by atoms with Crippen molar-refractivity contribution in [2.75, 3.05) is 0 Å². The second-order valence-electron chi connectivity index (χ2n) is 9.82. The van der Waals surface area contributed by atoms with Crippen LogP contribution >= 0.6 is 0 Å². The Morgan fingerprint density at radius 3 is 1.72 bits per heavy atom. The fourth-order valence-corrected chi connectivity index (χ4v) is 5.88. The van der Waals surface area contributed by atoms with Crippen molar-refractivity contribution < 1.29 is 41.0 Å². The van der Waals surface area contributed by atoms with Crippen LogP contribution in [0.15, 0.2) is 0 Å². The topological polar surface area (TPSA) is 46.5 Å². The smallest absolute Gasteiger partial charge is 0.426 e. The number of alkyl halides is 6. The first-order chi connectivity index (χ1) is 13.1. The van der Waals surface area contributed by atoms with Gasteiger partial charge in [0, 0.05) is 6.42 Å². The fourth-order valence-electron chi connectivity index (χ4n) is 5.88. The molecule has 4 fully saturated rings. The molecule has 4 saturated carbocycles. The Labute approximate surface area is 166 Å². The lowest BCUT2D eigenvalue weighted by Gasteiger charge is -2.59. The molecule has 0 aliphatic heterocycles. The number of esters is 1. The van der Waals surface area contributed by atoms with Gasteiger partial charge in [-0.1, -0.05) is 6.92 Å². The predicted molar refractivity (Wildman–Crippen MR) is 91.6 cm³/mol. The first-order valence-corrected chi connectivity index (χ1v) is 10.1. The van der Waals surface area contributed by atoms with Gasteiger partial charge in [0.05, 0.1) is 5.41 Å². The maximum absolute atomic E-state index is 13.2. The highest BCUT2D eigenvalue weighted by atomic mass is 19.4. The van der Waals surface area contributed by atoms with E-state index in [1.54, 1.807) is 6.92 Å². The maximum Gasteiger partial charge on any atom is 0.426 e. The summed E-state index contributed by atoms with van der Waals surface area (Å²) in [7, 11) is 0. The summed E-state index contributed by atoms with van der Waals surface area (Å²) in [4.78, 5) is 13.0. The SMILES string of the molecule is CCC(C)(CC(O)(C(F)(F)F)C(F)(F)F)C(=O)OC1(C)C2CC3CC(C2)CC1C3. The summed E-state index contributed by atoms with van der Waals surface area (Å²) in [5.41, 5.74) is -7.98. The molecule has 168 valence electrons. The Hall–Kier alpha value is -0.990. The normalized spacial score (nSPS) is 36.8. The largest absolute Gasteiger partial charge is 0.458 e. The molecule has 29 heavy (non-hydrogen) atoms. The summed E-state index contributed by atoms with van der Waals surface area (Å²) < 4.78 is 84.8. The van der Waals surface area contributed by atoms with Gasteiger partial charge in [-0.3, -0.25) is 4.79 Å². The van der Waals surface area contributed by atoms with E-state index in [0.29, 0.717) is 11.8 Å². The van der Waals surface area contributed by atoms with Gasteiger partial charge < -0.3 is 9.84 Å². The molecule has 1 unspecified atom stereocenters. The zero-order valence-corrected chi connectivity index (χ0v) is 16.8. The summed E-state index contributed by atoms with van der Waals surface area (Å²) in [5, 5.41) is 9.61. The number of carbonyl (C=O) groups excluding carboxylic acids is 1. The van der Waals surface area contributed by atoms with Crippen LogP contribution in [0.3, 0.4) is 0 Å². The van der Waals surface area contributed by atoms with Gasteiger partial charge in [-0.25, -0.2) is 0 Å². The molecule has 4 rings (SSSR count). The van der Waals surface area contributed by atoms with Gasteiger partial charge in [-0.2, -0.15) is 26.3 Å². The van der Waals surface area contributed by atoms with E-state index in [4.69, 9.17) is 4.74 Å². The van der Waals surface area contributed by atoms with Crippen molar-refractivity contribution >= 4 is 5.97 Å². The highest BCUT2D eigenvalue weighted by molar-refractivity contribution is 5.77. The first-order valence-electron chi connectivity index (χ1n) is 10.1. The van der Waals surface area contributed by atoms with Crippen LogP contribution in [0.5, 0.6) is 0 Å². The number of hydrogen-bond acceptors (Lipinski definition) is 3. The molecule has 4 aliphatic rings. The fraction of sp³-hybridized carbons (Fsp3) is 0.950. The van der Waals surface area contributed by atoms with E-state index in [-0.39, 0.29) is 18.3 Å². The van der Waals surface area contributed by atoms with E-state index in [0.717, 1.165) is 39.0 Å². The van der Waals surface area contributed by atoms with Gasteiger partial charge in [-0.15, -0.1) is 0 Å². The molecule has 0 amide bonds. The molecule has 0 aromatic carbocycles. The van der Waals surface area contributed by atoms with E-state index >= 15 is 0 Å². The third kappa shape index (κ3) is 3.55. The number of rotatable bonds is 5. The average molecular weight is 430 g/mol. The number of ether oxygens (including phenoxy) is 1. The maximum atomic E-state index is 13.2. The molecule has 3 nitrogen and oxygen atoms in total. The van der Waals surface area contributed by atoms with Crippen molar-refractivity contribution in [3.05, 3.63) is 0 Å². The van der Waals surface area contributed by atoms with Crippen LogP contribution in [0.4, 0.5) is 26.3 Å². The Bertz CT molecular complexity index is 614. The van der Waals surface area contributed by atoms with E-state index in [9.17, 15) is 36.2 Å². The molecule has 0 radical (unpaired) electrons. The molecule has 1 N–H and O–H groups in total. The lowest BCUT2D eigenvalue weighted by atomic mass is 9.50. The van der Waals surface area contributed by atoms with Crippen LogP contribution in [-0.4, -0.2) is 34.6 Å². The van der Waals surface area contributed by atoms with Crippen LogP contribution < -0.4 is 0 Å². The molecule has 4 bridgehead atoms. The van der Waals surface area contributed by atoms with E-state index in [1.165, 1.54) is 6.92 Å². The summed E-state index contributed by atoms with van der Waals surface area (Å²) in [6, 6.07) is 0. The number of hydrogen-bond donors (Lipinski definition) is 1. The highest BCUT2D eigenvalue weighted by Crippen LogP contribution is 2.60. The zero-order chi connectivity index (χ0) is 22.0. The molecule has 1 atom stereocenters. The minimum Gasteiger partial charge on any atom is -0.458 e. The third-order valence-electron chi connectivity index (χ3n) is 7.93. The molecule has 0 aromatic rings. The predicted octanol–water partition coefficient (Wildman–Crippen LogP) is 5.41. The molecule has 0 heterocycles. The minimum absolute atomic E-state index is 0.0768. The number of carbonyl (C=O) groups is 1. The molecule has 0 spiro atoms. The van der Waals surface area contributed by atoms with Gasteiger partial charge in [0.15, 0.2) is 0 Å². The Balaban J connectivity index is 1.84. The van der Waals surface area contributed by atoms with E-state index < -0.39 is 41.4 Å². The summed E-state index contributed by atoms with van der Waals surface area (Å²) in [5.74, 6) is 0.174. The van der Waals surface area contributed by atoms with Crippen LogP contribution in [0, 0.1) is 29.1 Å². The molecule has 0 aromatic heterocycles. The van der Waals surface area contributed by atoms with Crippen molar-refractivity contribution in [1.29, 1.82) is 0 Å². The van der Waals surface area contributed by atoms with Crippen LogP contribution in [0.2, 0.25) is 0 Å². The zero-order valence-electron chi connectivity index (χ0n) is 16.8. The van der Waals surface area contributed by atoms with Crippen molar-refractivity contribution in [2.24, 2.45) is 29.1 Å². The van der Waals surface area contributed by atoms with Gasteiger partial charge in [0.1, 0.15) is 5.60 Å². The van der Waals surface area contributed by atoms with E-state index in [2.05, 4.69) is 0 Å². The second kappa shape index (κ2) is 6.76. The minimum atomic E-state index is -5.96. The second-order valence-corrected chi connectivity index (χ2v) is 9.82. The van der Waals surface area contributed by atoms with E-state index in [1.807, 2.05) is 0 Å². The van der Waals surface area contributed by atoms with Crippen molar-refractivity contribution in [1.82, 2.24) is 0 Å².